The maximum atomic E-state index is 6.16. The third-order valence-electron chi connectivity index (χ3n) is 3.91. The molecule has 2 N–H and O–H groups in total. The Morgan fingerprint density at radius 3 is 2.89 bits per heavy atom. The van der Waals surface area contributed by atoms with Crippen molar-refractivity contribution in [3.63, 3.8) is 0 Å². The Bertz CT molecular complexity index is 424. The number of hydrogen-bond donors (Lipinski definition) is 1. The summed E-state index contributed by atoms with van der Waals surface area (Å²) in [5.74, 6) is 2.22. The van der Waals surface area contributed by atoms with Gasteiger partial charge in [0.05, 0.1) is 12.2 Å². The van der Waals surface area contributed by atoms with E-state index in [4.69, 9.17) is 10.5 Å². The highest BCUT2D eigenvalue weighted by atomic mass is 16.5. The standard InChI is InChI=1S/C14H24N4O/c1-4-11-8-18(7-6-12(11)15)13-10(3)14(19-5-2)17-9-16-13/h9,11-12H,4-8,15H2,1-3H3. The van der Waals surface area contributed by atoms with Gasteiger partial charge in [-0.05, 0) is 26.2 Å². The lowest BCUT2D eigenvalue weighted by Gasteiger charge is -2.37. The number of aromatic nitrogens is 2. The summed E-state index contributed by atoms with van der Waals surface area (Å²) in [7, 11) is 0. The Labute approximate surface area is 115 Å². The molecule has 0 aliphatic carbocycles. The molecule has 1 aliphatic rings. The molecule has 0 aromatic carbocycles. The fourth-order valence-corrected chi connectivity index (χ4v) is 2.70. The highest BCUT2D eigenvalue weighted by Gasteiger charge is 2.27. The predicted molar refractivity (Wildman–Crippen MR) is 76.5 cm³/mol. The molecule has 0 bridgehead atoms. The van der Waals surface area contributed by atoms with E-state index in [0.29, 0.717) is 24.4 Å². The summed E-state index contributed by atoms with van der Waals surface area (Å²) in [6, 6.07) is 0.315. The topological polar surface area (TPSA) is 64.3 Å². The summed E-state index contributed by atoms with van der Waals surface area (Å²) < 4.78 is 5.54. The van der Waals surface area contributed by atoms with Gasteiger partial charge in [0.15, 0.2) is 0 Å². The van der Waals surface area contributed by atoms with Crippen LogP contribution in [0, 0.1) is 12.8 Å². The van der Waals surface area contributed by atoms with E-state index >= 15 is 0 Å². The van der Waals surface area contributed by atoms with Crippen LogP contribution < -0.4 is 15.4 Å². The van der Waals surface area contributed by atoms with Crippen LogP contribution in [-0.2, 0) is 0 Å². The van der Waals surface area contributed by atoms with E-state index in [2.05, 4.69) is 21.8 Å². The summed E-state index contributed by atoms with van der Waals surface area (Å²) in [6.45, 7) is 8.75. The highest BCUT2D eigenvalue weighted by Crippen LogP contribution is 2.28. The molecule has 1 fully saturated rings. The summed E-state index contributed by atoms with van der Waals surface area (Å²) in [5, 5.41) is 0. The quantitative estimate of drug-likeness (QED) is 0.897. The second kappa shape index (κ2) is 6.19. The Hall–Kier alpha value is -1.36. The van der Waals surface area contributed by atoms with Gasteiger partial charge in [-0.15, -0.1) is 0 Å². The average Bonchev–Trinajstić information content (AvgIpc) is 2.42. The van der Waals surface area contributed by atoms with Gasteiger partial charge in [-0.3, -0.25) is 0 Å². The molecule has 1 aromatic rings. The number of ether oxygens (including phenoxy) is 1. The van der Waals surface area contributed by atoms with Crippen molar-refractivity contribution in [1.82, 2.24) is 9.97 Å². The Morgan fingerprint density at radius 1 is 1.42 bits per heavy atom. The number of hydrogen-bond acceptors (Lipinski definition) is 5. The average molecular weight is 264 g/mol. The fourth-order valence-electron chi connectivity index (χ4n) is 2.70. The molecule has 2 rings (SSSR count). The van der Waals surface area contributed by atoms with Gasteiger partial charge in [0.2, 0.25) is 5.88 Å². The van der Waals surface area contributed by atoms with Crippen LogP contribution in [0.1, 0.15) is 32.3 Å². The van der Waals surface area contributed by atoms with Crippen LogP contribution in [0.3, 0.4) is 0 Å². The normalized spacial score (nSPS) is 23.5. The molecule has 0 saturated carbocycles. The van der Waals surface area contributed by atoms with Crippen molar-refractivity contribution in [3.8, 4) is 5.88 Å². The second-order valence-electron chi connectivity index (χ2n) is 5.13. The largest absolute Gasteiger partial charge is 0.478 e. The zero-order chi connectivity index (χ0) is 13.8. The lowest BCUT2D eigenvalue weighted by molar-refractivity contribution is 0.321. The summed E-state index contributed by atoms with van der Waals surface area (Å²) >= 11 is 0. The van der Waals surface area contributed by atoms with E-state index in [1.807, 2.05) is 13.8 Å². The minimum atomic E-state index is 0.315. The zero-order valence-corrected chi connectivity index (χ0v) is 12.1. The van der Waals surface area contributed by atoms with Crippen LogP contribution in [0.25, 0.3) is 0 Å². The van der Waals surface area contributed by atoms with Crippen LogP contribution in [0.5, 0.6) is 5.88 Å². The molecule has 0 spiro atoms. The smallest absolute Gasteiger partial charge is 0.221 e. The monoisotopic (exact) mass is 264 g/mol. The van der Waals surface area contributed by atoms with Crippen LogP contribution in [0.2, 0.25) is 0 Å². The molecule has 106 valence electrons. The van der Waals surface area contributed by atoms with Gasteiger partial charge in [-0.2, -0.15) is 0 Å². The Kier molecular flexibility index (Phi) is 4.58. The van der Waals surface area contributed by atoms with Crippen LogP contribution in [-0.4, -0.2) is 35.7 Å². The maximum Gasteiger partial charge on any atom is 0.221 e. The predicted octanol–water partition coefficient (Wildman–Crippen LogP) is 1.75. The van der Waals surface area contributed by atoms with E-state index in [-0.39, 0.29) is 0 Å². The van der Waals surface area contributed by atoms with Gasteiger partial charge in [0.1, 0.15) is 12.1 Å². The van der Waals surface area contributed by atoms with Gasteiger partial charge >= 0.3 is 0 Å². The number of piperidine rings is 1. The third-order valence-corrected chi connectivity index (χ3v) is 3.91. The van der Waals surface area contributed by atoms with Crippen LogP contribution in [0.4, 0.5) is 5.82 Å². The molecule has 1 aromatic heterocycles. The minimum absolute atomic E-state index is 0.315. The van der Waals surface area contributed by atoms with Crippen molar-refractivity contribution in [1.29, 1.82) is 0 Å². The van der Waals surface area contributed by atoms with Gasteiger partial charge in [0, 0.05) is 19.1 Å². The molecule has 19 heavy (non-hydrogen) atoms. The molecule has 2 unspecified atom stereocenters. The fraction of sp³-hybridized carbons (Fsp3) is 0.714. The third kappa shape index (κ3) is 2.97. The van der Waals surface area contributed by atoms with E-state index in [9.17, 15) is 0 Å². The molecule has 2 atom stereocenters. The molecular weight excluding hydrogens is 240 g/mol. The van der Waals surface area contributed by atoms with Gasteiger partial charge < -0.3 is 15.4 Å². The van der Waals surface area contributed by atoms with E-state index < -0.39 is 0 Å². The van der Waals surface area contributed by atoms with E-state index in [1.165, 1.54) is 0 Å². The molecule has 1 aliphatic heterocycles. The van der Waals surface area contributed by atoms with Crippen molar-refractivity contribution in [2.75, 3.05) is 24.6 Å². The highest BCUT2D eigenvalue weighted by molar-refractivity contribution is 5.50. The number of nitrogens with two attached hydrogens (primary N) is 1. The molecule has 0 amide bonds. The molecular formula is C14H24N4O. The van der Waals surface area contributed by atoms with Gasteiger partial charge in [0.25, 0.3) is 0 Å². The summed E-state index contributed by atoms with van der Waals surface area (Å²) in [5.41, 5.74) is 7.18. The molecule has 5 heteroatoms. The Morgan fingerprint density at radius 2 is 2.21 bits per heavy atom. The number of rotatable bonds is 4. The van der Waals surface area contributed by atoms with Crippen molar-refractivity contribution < 1.29 is 4.74 Å². The number of anilines is 1. The summed E-state index contributed by atoms with van der Waals surface area (Å²) in [6.07, 6.45) is 3.72. The molecule has 5 nitrogen and oxygen atoms in total. The lowest BCUT2D eigenvalue weighted by atomic mass is 9.90. The molecule has 0 radical (unpaired) electrons. The first-order chi connectivity index (χ1) is 9.17. The first kappa shape index (κ1) is 14.1. The van der Waals surface area contributed by atoms with Crippen molar-refractivity contribution in [2.24, 2.45) is 11.7 Å². The minimum Gasteiger partial charge on any atom is -0.478 e. The van der Waals surface area contributed by atoms with Crippen LogP contribution in [0.15, 0.2) is 6.33 Å². The lowest BCUT2D eigenvalue weighted by Crippen LogP contribution is -2.47. The number of nitrogens with zero attached hydrogens (tertiary/aromatic N) is 3. The van der Waals surface area contributed by atoms with Crippen LogP contribution >= 0.6 is 0 Å². The first-order valence-electron chi connectivity index (χ1n) is 7.12. The van der Waals surface area contributed by atoms with Gasteiger partial charge in [-0.25, -0.2) is 9.97 Å². The maximum absolute atomic E-state index is 6.16. The molecule has 1 saturated heterocycles. The zero-order valence-electron chi connectivity index (χ0n) is 12.1. The first-order valence-corrected chi connectivity index (χ1v) is 7.12. The van der Waals surface area contributed by atoms with Crippen molar-refractivity contribution in [2.45, 2.75) is 39.7 Å². The van der Waals surface area contributed by atoms with Crippen molar-refractivity contribution >= 4 is 5.82 Å². The summed E-state index contributed by atoms with van der Waals surface area (Å²) in [4.78, 5) is 10.9. The van der Waals surface area contributed by atoms with Gasteiger partial charge in [-0.1, -0.05) is 13.3 Å². The van der Waals surface area contributed by atoms with Crippen molar-refractivity contribution in [3.05, 3.63) is 11.9 Å². The molecule has 2 heterocycles. The van der Waals surface area contributed by atoms with E-state index in [1.54, 1.807) is 6.33 Å². The van der Waals surface area contributed by atoms with E-state index in [0.717, 1.165) is 37.3 Å². The second-order valence-corrected chi connectivity index (χ2v) is 5.13. The SMILES string of the molecule is CCOc1ncnc(N2CCC(N)C(CC)C2)c1C. The Balaban J connectivity index is 2.20.